The summed E-state index contributed by atoms with van der Waals surface area (Å²) in [7, 11) is 1.78. The Balaban J connectivity index is 2.38. The third-order valence-electron chi connectivity index (χ3n) is 1.45. The number of furan rings is 1. The van der Waals surface area contributed by atoms with Crippen molar-refractivity contribution in [1.29, 1.82) is 0 Å². The summed E-state index contributed by atoms with van der Waals surface area (Å²) in [6.07, 6.45) is 0. The van der Waals surface area contributed by atoms with Crippen molar-refractivity contribution in [3.05, 3.63) is 23.7 Å². The van der Waals surface area contributed by atoms with Crippen LogP contribution in [0.25, 0.3) is 0 Å². The van der Waals surface area contributed by atoms with Gasteiger partial charge in [-0.25, -0.2) is 0 Å². The minimum absolute atomic E-state index is 0.629. The third kappa shape index (κ3) is 2.54. The summed E-state index contributed by atoms with van der Waals surface area (Å²) < 4.78 is 5.33. The van der Waals surface area contributed by atoms with E-state index in [1.54, 1.807) is 7.05 Å². The van der Waals surface area contributed by atoms with Crippen molar-refractivity contribution in [3.8, 4) is 0 Å². The molecule has 0 atom stereocenters. The van der Waals surface area contributed by atoms with Gasteiger partial charge in [-0.1, -0.05) is 0 Å². The third-order valence-corrected chi connectivity index (χ3v) is 1.79. The molecule has 0 aliphatic heterocycles. The highest BCUT2D eigenvalue weighted by molar-refractivity contribution is 7.80. The molecule has 0 fully saturated rings. The first kappa shape index (κ1) is 9.06. The van der Waals surface area contributed by atoms with Crippen LogP contribution in [0.4, 0.5) is 0 Å². The van der Waals surface area contributed by atoms with Crippen LogP contribution in [-0.2, 0) is 6.54 Å². The fourth-order valence-corrected chi connectivity index (χ4v) is 0.908. The highest BCUT2D eigenvalue weighted by atomic mass is 32.1. The second-order valence-corrected chi connectivity index (χ2v) is 2.85. The van der Waals surface area contributed by atoms with Crippen LogP contribution in [0.3, 0.4) is 0 Å². The van der Waals surface area contributed by atoms with Crippen molar-refractivity contribution in [2.24, 2.45) is 0 Å². The number of thiocarbonyl (C=S) groups is 1. The van der Waals surface area contributed by atoms with Gasteiger partial charge in [0.15, 0.2) is 5.11 Å². The average molecular weight is 184 g/mol. The summed E-state index contributed by atoms with van der Waals surface area (Å²) in [6.45, 7) is 2.55. The van der Waals surface area contributed by atoms with Gasteiger partial charge >= 0.3 is 0 Å². The van der Waals surface area contributed by atoms with Gasteiger partial charge in [-0.2, -0.15) is 0 Å². The number of nitrogens with one attached hydrogen (secondary N) is 2. The minimum atomic E-state index is 0.629. The number of rotatable bonds is 2. The summed E-state index contributed by atoms with van der Waals surface area (Å²) in [6, 6.07) is 3.86. The number of hydrogen-bond donors (Lipinski definition) is 2. The van der Waals surface area contributed by atoms with Gasteiger partial charge in [0.2, 0.25) is 0 Å². The first-order valence-electron chi connectivity index (χ1n) is 3.73. The van der Waals surface area contributed by atoms with Gasteiger partial charge in [-0.3, -0.25) is 0 Å². The summed E-state index contributed by atoms with van der Waals surface area (Å²) in [4.78, 5) is 0. The Bertz CT molecular complexity index is 270. The Labute approximate surface area is 77.1 Å². The van der Waals surface area contributed by atoms with E-state index in [4.69, 9.17) is 16.6 Å². The predicted octanol–water partition coefficient (Wildman–Crippen LogP) is 1.18. The molecule has 12 heavy (non-hydrogen) atoms. The molecule has 4 heteroatoms. The van der Waals surface area contributed by atoms with Gasteiger partial charge in [0.1, 0.15) is 11.5 Å². The molecule has 0 bridgehead atoms. The second kappa shape index (κ2) is 4.11. The lowest BCUT2D eigenvalue weighted by molar-refractivity contribution is 0.477. The molecule has 1 aromatic rings. The molecule has 0 aromatic carbocycles. The Morgan fingerprint density at radius 1 is 1.58 bits per heavy atom. The average Bonchev–Trinajstić information content (AvgIpc) is 2.47. The summed E-state index contributed by atoms with van der Waals surface area (Å²) in [5.74, 6) is 1.81. The Morgan fingerprint density at radius 3 is 2.83 bits per heavy atom. The molecule has 2 N–H and O–H groups in total. The van der Waals surface area contributed by atoms with Crippen molar-refractivity contribution >= 4 is 17.3 Å². The largest absolute Gasteiger partial charge is 0.465 e. The van der Waals surface area contributed by atoms with E-state index in [9.17, 15) is 0 Å². The zero-order chi connectivity index (χ0) is 8.97. The van der Waals surface area contributed by atoms with Crippen molar-refractivity contribution in [1.82, 2.24) is 10.6 Å². The lowest BCUT2D eigenvalue weighted by atomic mass is 10.4. The van der Waals surface area contributed by atoms with Crippen molar-refractivity contribution in [2.45, 2.75) is 13.5 Å². The van der Waals surface area contributed by atoms with E-state index in [0.717, 1.165) is 11.5 Å². The molecule has 0 aliphatic carbocycles. The molecule has 0 amide bonds. The lowest BCUT2D eigenvalue weighted by Gasteiger charge is -2.03. The maximum Gasteiger partial charge on any atom is 0.166 e. The maximum atomic E-state index is 5.33. The van der Waals surface area contributed by atoms with E-state index in [0.29, 0.717) is 11.7 Å². The summed E-state index contributed by atoms with van der Waals surface area (Å²) in [5.41, 5.74) is 0. The Hall–Kier alpha value is -1.03. The van der Waals surface area contributed by atoms with Gasteiger partial charge in [-0.15, -0.1) is 0 Å². The normalized spacial score (nSPS) is 9.50. The quantitative estimate of drug-likeness (QED) is 0.677. The molecule has 66 valence electrons. The van der Waals surface area contributed by atoms with E-state index in [1.165, 1.54) is 0 Å². The Morgan fingerprint density at radius 2 is 2.33 bits per heavy atom. The van der Waals surface area contributed by atoms with Crippen LogP contribution in [0.1, 0.15) is 11.5 Å². The van der Waals surface area contributed by atoms with Crippen molar-refractivity contribution in [2.75, 3.05) is 7.05 Å². The molecule has 0 unspecified atom stereocenters. The standard InChI is InChI=1S/C8H12N2OS/c1-6-3-4-7(11-6)5-10-8(12)9-2/h3-4H,5H2,1-2H3,(H2,9,10,12). The van der Waals surface area contributed by atoms with Gasteiger partial charge < -0.3 is 15.1 Å². The zero-order valence-electron chi connectivity index (χ0n) is 7.18. The second-order valence-electron chi connectivity index (χ2n) is 2.45. The maximum absolute atomic E-state index is 5.33. The lowest BCUT2D eigenvalue weighted by Crippen LogP contribution is -2.31. The topological polar surface area (TPSA) is 37.2 Å². The fraction of sp³-hybridized carbons (Fsp3) is 0.375. The van der Waals surface area contributed by atoms with Gasteiger partial charge in [-0.05, 0) is 31.3 Å². The molecule has 3 nitrogen and oxygen atoms in total. The molecule has 1 rings (SSSR count). The first-order chi connectivity index (χ1) is 5.72. The molecular weight excluding hydrogens is 172 g/mol. The molecule has 0 aliphatic rings. The van der Waals surface area contributed by atoms with E-state index in [-0.39, 0.29) is 0 Å². The van der Waals surface area contributed by atoms with Gasteiger partial charge in [0.25, 0.3) is 0 Å². The molecule has 0 saturated carbocycles. The predicted molar refractivity (Wildman–Crippen MR) is 51.9 cm³/mol. The van der Waals surface area contributed by atoms with E-state index >= 15 is 0 Å². The molecule has 0 spiro atoms. The molecule has 1 aromatic heterocycles. The van der Waals surface area contributed by atoms with Crippen LogP contribution in [0.5, 0.6) is 0 Å². The zero-order valence-corrected chi connectivity index (χ0v) is 7.99. The molecule has 0 saturated heterocycles. The molecule has 1 heterocycles. The van der Waals surface area contributed by atoms with E-state index in [1.807, 2.05) is 19.1 Å². The van der Waals surface area contributed by atoms with Gasteiger partial charge in [0.05, 0.1) is 6.54 Å². The van der Waals surface area contributed by atoms with Gasteiger partial charge in [0, 0.05) is 7.05 Å². The van der Waals surface area contributed by atoms with Crippen LogP contribution in [0.15, 0.2) is 16.5 Å². The fourth-order valence-electron chi connectivity index (χ4n) is 0.836. The van der Waals surface area contributed by atoms with Crippen molar-refractivity contribution in [3.63, 3.8) is 0 Å². The van der Waals surface area contributed by atoms with Crippen LogP contribution in [-0.4, -0.2) is 12.2 Å². The summed E-state index contributed by atoms with van der Waals surface area (Å²) in [5, 5.41) is 6.44. The SMILES string of the molecule is CNC(=S)NCc1ccc(C)o1. The van der Waals surface area contributed by atoms with Crippen LogP contribution in [0.2, 0.25) is 0 Å². The first-order valence-corrected chi connectivity index (χ1v) is 4.14. The smallest absolute Gasteiger partial charge is 0.166 e. The minimum Gasteiger partial charge on any atom is -0.465 e. The summed E-state index contributed by atoms with van der Waals surface area (Å²) >= 11 is 4.90. The van der Waals surface area contributed by atoms with E-state index in [2.05, 4.69) is 10.6 Å². The number of hydrogen-bond acceptors (Lipinski definition) is 2. The monoisotopic (exact) mass is 184 g/mol. The van der Waals surface area contributed by atoms with Crippen LogP contribution < -0.4 is 10.6 Å². The van der Waals surface area contributed by atoms with E-state index < -0.39 is 0 Å². The Kier molecular flexibility index (Phi) is 3.10. The molecule has 0 radical (unpaired) electrons. The highest BCUT2D eigenvalue weighted by Crippen LogP contribution is 2.04. The van der Waals surface area contributed by atoms with Crippen LogP contribution in [0, 0.1) is 6.92 Å². The van der Waals surface area contributed by atoms with Crippen LogP contribution >= 0.6 is 12.2 Å². The number of aryl methyl sites for hydroxylation is 1. The molecular formula is C8H12N2OS. The van der Waals surface area contributed by atoms with Crippen molar-refractivity contribution < 1.29 is 4.42 Å². The highest BCUT2D eigenvalue weighted by Gasteiger charge is 1.97.